The van der Waals surface area contributed by atoms with E-state index in [1.165, 1.54) is 25.0 Å². The maximum absolute atomic E-state index is 12.3. The summed E-state index contributed by atoms with van der Waals surface area (Å²) in [6.07, 6.45) is 5.05. The van der Waals surface area contributed by atoms with Crippen LogP contribution in [0.2, 0.25) is 0 Å². The van der Waals surface area contributed by atoms with Crippen LogP contribution in [0.4, 0.5) is 0 Å². The van der Waals surface area contributed by atoms with Crippen molar-refractivity contribution >= 4 is 5.78 Å². The molecule has 0 spiro atoms. The standard InChI is InChI=1S/C20H20O4/c21-14-7-10-17-18(22)12-19(24-20(17)11-14)13-5-8-16(9-6-13)23-15-3-1-2-4-15/h5-11,15,19,21H,1-4,12H2. The second-order valence-corrected chi connectivity index (χ2v) is 6.51. The lowest BCUT2D eigenvalue weighted by molar-refractivity contribution is 0.0849. The van der Waals surface area contributed by atoms with E-state index in [-0.39, 0.29) is 17.6 Å². The molecule has 1 aliphatic carbocycles. The number of ether oxygens (including phenoxy) is 2. The summed E-state index contributed by atoms with van der Waals surface area (Å²) in [6, 6.07) is 12.4. The first-order chi connectivity index (χ1) is 11.7. The molecule has 1 N–H and O–H groups in total. The van der Waals surface area contributed by atoms with E-state index in [1.54, 1.807) is 6.07 Å². The van der Waals surface area contributed by atoms with Gasteiger partial charge in [-0.1, -0.05) is 12.1 Å². The van der Waals surface area contributed by atoms with Gasteiger partial charge in [0.1, 0.15) is 23.4 Å². The van der Waals surface area contributed by atoms with Gasteiger partial charge in [-0.25, -0.2) is 0 Å². The minimum absolute atomic E-state index is 0.0348. The summed E-state index contributed by atoms with van der Waals surface area (Å²) in [5.41, 5.74) is 1.47. The van der Waals surface area contributed by atoms with Gasteiger partial charge in [0.15, 0.2) is 5.78 Å². The number of phenolic OH excluding ortho intramolecular Hbond substituents is 1. The second kappa shape index (κ2) is 6.19. The van der Waals surface area contributed by atoms with E-state index in [4.69, 9.17) is 9.47 Å². The molecule has 1 fully saturated rings. The van der Waals surface area contributed by atoms with Crippen LogP contribution in [-0.4, -0.2) is 17.0 Å². The summed E-state index contributed by atoms with van der Waals surface area (Å²) in [6.45, 7) is 0. The number of benzene rings is 2. The largest absolute Gasteiger partial charge is 0.508 e. The van der Waals surface area contributed by atoms with E-state index in [1.807, 2.05) is 24.3 Å². The maximum Gasteiger partial charge on any atom is 0.170 e. The number of phenols is 1. The maximum atomic E-state index is 12.3. The van der Waals surface area contributed by atoms with Crippen molar-refractivity contribution < 1.29 is 19.4 Å². The van der Waals surface area contributed by atoms with Gasteiger partial charge in [0, 0.05) is 6.07 Å². The first kappa shape index (κ1) is 15.1. The van der Waals surface area contributed by atoms with Crippen LogP contribution < -0.4 is 9.47 Å². The first-order valence-corrected chi connectivity index (χ1v) is 8.48. The molecule has 0 saturated heterocycles. The van der Waals surface area contributed by atoms with Crippen LogP contribution in [0.15, 0.2) is 42.5 Å². The third kappa shape index (κ3) is 2.96. The van der Waals surface area contributed by atoms with Crippen LogP contribution in [0.5, 0.6) is 17.2 Å². The topological polar surface area (TPSA) is 55.8 Å². The van der Waals surface area contributed by atoms with Gasteiger partial charge in [-0.3, -0.25) is 4.79 Å². The monoisotopic (exact) mass is 324 g/mol. The highest BCUT2D eigenvalue weighted by Crippen LogP contribution is 2.37. The van der Waals surface area contributed by atoms with Crippen LogP contribution in [0, 0.1) is 0 Å². The molecule has 1 aliphatic heterocycles. The number of carbonyl (C=O) groups excluding carboxylic acids is 1. The van der Waals surface area contributed by atoms with Crippen LogP contribution in [0.1, 0.15) is 54.1 Å². The lowest BCUT2D eigenvalue weighted by atomic mass is 9.96. The van der Waals surface area contributed by atoms with Gasteiger partial charge < -0.3 is 14.6 Å². The molecule has 1 unspecified atom stereocenters. The molecule has 24 heavy (non-hydrogen) atoms. The Hall–Kier alpha value is -2.49. The minimum Gasteiger partial charge on any atom is -0.508 e. The Kier molecular flexibility index (Phi) is 3.89. The number of Topliss-reactive ketones (excluding diaryl/α,β-unsaturated/α-hetero) is 1. The molecule has 1 saturated carbocycles. The van der Waals surface area contributed by atoms with E-state index >= 15 is 0 Å². The number of rotatable bonds is 3. The molecule has 1 heterocycles. The fraction of sp³-hybridized carbons (Fsp3) is 0.350. The zero-order valence-corrected chi connectivity index (χ0v) is 13.4. The zero-order valence-electron chi connectivity index (χ0n) is 13.4. The Morgan fingerprint density at radius 2 is 1.79 bits per heavy atom. The smallest absolute Gasteiger partial charge is 0.170 e. The van der Waals surface area contributed by atoms with Crippen molar-refractivity contribution in [1.29, 1.82) is 0 Å². The molecule has 0 radical (unpaired) electrons. The second-order valence-electron chi connectivity index (χ2n) is 6.51. The Morgan fingerprint density at radius 3 is 2.54 bits per heavy atom. The van der Waals surface area contributed by atoms with Gasteiger partial charge in [-0.05, 0) is 55.5 Å². The minimum atomic E-state index is -0.327. The summed E-state index contributed by atoms with van der Waals surface area (Å²) in [5, 5.41) is 9.60. The van der Waals surface area contributed by atoms with Crippen molar-refractivity contribution in [2.24, 2.45) is 0 Å². The SMILES string of the molecule is O=C1CC(c2ccc(OC3CCCC3)cc2)Oc2cc(O)ccc21. The van der Waals surface area contributed by atoms with Crippen molar-refractivity contribution in [3.8, 4) is 17.2 Å². The highest BCUT2D eigenvalue weighted by atomic mass is 16.5. The molecule has 2 aromatic rings. The van der Waals surface area contributed by atoms with Gasteiger partial charge in [-0.2, -0.15) is 0 Å². The molecule has 1 atom stereocenters. The van der Waals surface area contributed by atoms with Crippen LogP contribution in [-0.2, 0) is 0 Å². The molecular weight excluding hydrogens is 304 g/mol. The Morgan fingerprint density at radius 1 is 1.04 bits per heavy atom. The Labute approximate surface area is 141 Å². The van der Waals surface area contributed by atoms with Gasteiger partial charge in [-0.15, -0.1) is 0 Å². The highest BCUT2D eigenvalue weighted by molar-refractivity contribution is 6.00. The van der Waals surface area contributed by atoms with Gasteiger partial charge >= 0.3 is 0 Å². The molecule has 4 heteroatoms. The highest BCUT2D eigenvalue weighted by Gasteiger charge is 2.28. The quantitative estimate of drug-likeness (QED) is 0.908. The Bertz CT molecular complexity index is 745. The summed E-state index contributed by atoms with van der Waals surface area (Å²) >= 11 is 0. The number of hydrogen-bond acceptors (Lipinski definition) is 4. The molecule has 0 amide bonds. The lowest BCUT2D eigenvalue weighted by Gasteiger charge is -2.25. The number of fused-ring (bicyclic) bond motifs is 1. The summed E-state index contributed by atoms with van der Waals surface area (Å²) in [7, 11) is 0. The molecular formula is C20H20O4. The third-order valence-corrected chi connectivity index (χ3v) is 4.76. The molecule has 0 bridgehead atoms. The predicted octanol–water partition coefficient (Wildman–Crippen LogP) is 4.42. The number of hydrogen-bond donors (Lipinski definition) is 1. The van der Waals surface area contributed by atoms with Crippen molar-refractivity contribution in [3.05, 3.63) is 53.6 Å². The molecule has 2 aliphatic rings. The number of ketones is 1. The van der Waals surface area contributed by atoms with Crippen molar-refractivity contribution in [1.82, 2.24) is 0 Å². The van der Waals surface area contributed by atoms with Crippen molar-refractivity contribution in [2.75, 3.05) is 0 Å². The van der Waals surface area contributed by atoms with Gasteiger partial charge in [0.2, 0.25) is 0 Å². The first-order valence-electron chi connectivity index (χ1n) is 8.48. The van der Waals surface area contributed by atoms with Crippen molar-refractivity contribution in [2.45, 2.75) is 44.3 Å². The van der Waals surface area contributed by atoms with Gasteiger partial charge in [0.25, 0.3) is 0 Å². The zero-order chi connectivity index (χ0) is 16.5. The van der Waals surface area contributed by atoms with E-state index < -0.39 is 0 Å². The molecule has 0 aromatic heterocycles. The number of aromatic hydroxyl groups is 1. The van der Waals surface area contributed by atoms with E-state index in [0.29, 0.717) is 23.8 Å². The van der Waals surface area contributed by atoms with E-state index in [9.17, 15) is 9.90 Å². The fourth-order valence-corrected chi connectivity index (χ4v) is 3.46. The molecule has 124 valence electrons. The average Bonchev–Trinajstić information content (AvgIpc) is 3.08. The summed E-state index contributed by atoms with van der Waals surface area (Å²) < 4.78 is 11.9. The van der Waals surface area contributed by atoms with Crippen LogP contribution in [0.3, 0.4) is 0 Å². The lowest BCUT2D eigenvalue weighted by Crippen LogP contribution is -2.20. The Balaban J connectivity index is 1.50. The van der Waals surface area contributed by atoms with E-state index in [0.717, 1.165) is 24.2 Å². The van der Waals surface area contributed by atoms with E-state index in [2.05, 4.69) is 0 Å². The predicted molar refractivity (Wildman–Crippen MR) is 89.7 cm³/mol. The normalized spacial score (nSPS) is 20.5. The molecule has 4 rings (SSSR count). The molecule has 2 aromatic carbocycles. The molecule has 4 nitrogen and oxygen atoms in total. The van der Waals surface area contributed by atoms with Gasteiger partial charge in [0.05, 0.1) is 18.1 Å². The van der Waals surface area contributed by atoms with Crippen molar-refractivity contribution in [3.63, 3.8) is 0 Å². The number of carbonyl (C=O) groups is 1. The van der Waals surface area contributed by atoms with Crippen LogP contribution >= 0.6 is 0 Å². The summed E-state index contributed by atoms with van der Waals surface area (Å²) in [4.78, 5) is 12.3. The van der Waals surface area contributed by atoms with Crippen LogP contribution in [0.25, 0.3) is 0 Å². The third-order valence-electron chi connectivity index (χ3n) is 4.76. The average molecular weight is 324 g/mol. The summed E-state index contributed by atoms with van der Waals surface area (Å²) in [5.74, 6) is 1.45. The fourth-order valence-electron chi connectivity index (χ4n) is 3.46.